The maximum Gasteiger partial charge on any atom is 0.246 e. The SMILES string of the molecule is CC[C@H](C)[C@H](NC(=O)[C@H](Cc1ccc(O)cc1)NC(=O)CC(C)(C)S)C(=O)N[C@@H](CCC(N)=O)C(=O)N[C@@H](CC(N)=O)C(=O)N[C@@H](CS)C(=O)N1[C@H](C(=O)N[C@@H](CC(C)C)C(=O)NCC(N)=O)CC[C@@H]1C(C)(C)C. The molecule has 1 fully saturated rings. The highest BCUT2D eigenvalue weighted by atomic mass is 32.1. The van der Waals surface area contributed by atoms with Crippen molar-refractivity contribution in [2.75, 3.05) is 12.3 Å². The lowest BCUT2D eigenvalue weighted by Crippen LogP contribution is -2.62. The van der Waals surface area contributed by atoms with E-state index in [1.54, 1.807) is 39.8 Å². The molecule has 0 bridgehead atoms. The summed E-state index contributed by atoms with van der Waals surface area (Å²) in [4.78, 5) is 148. The Morgan fingerprint density at radius 1 is 0.703 bits per heavy atom. The van der Waals surface area contributed by atoms with Gasteiger partial charge in [0.1, 0.15) is 48.0 Å². The lowest BCUT2D eigenvalue weighted by atomic mass is 9.85. The number of nitrogens with two attached hydrogens (primary N) is 3. The largest absolute Gasteiger partial charge is 0.508 e. The molecule has 414 valence electrons. The molecule has 0 saturated carbocycles. The van der Waals surface area contributed by atoms with Crippen molar-refractivity contribution in [2.24, 2.45) is 34.5 Å². The van der Waals surface area contributed by atoms with Crippen LogP contribution >= 0.6 is 25.3 Å². The minimum atomic E-state index is -1.77. The molecule has 0 radical (unpaired) electrons. The Kier molecular flexibility index (Phi) is 25.2. The number of carbonyl (C=O) groups excluding carboxylic acids is 11. The van der Waals surface area contributed by atoms with Gasteiger partial charge in [-0.25, -0.2) is 0 Å². The number of likely N-dealkylation sites (tertiary alicyclic amines) is 1. The summed E-state index contributed by atoms with van der Waals surface area (Å²) in [6, 6.07) is -4.23. The third-order valence-electron chi connectivity index (χ3n) is 12.3. The Balaban J connectivity index is 2.46. The van der Waals surface area contributed by atoms with Crippen LogP contribution in [0.1, 0.15) is 119 Å². The molecule has 1 heterocycles. The predicted molar refractivity (Wildman–Crippen MR) is 281 cm³/mol. The molecule has 1 aromatic carbocycles. The van der Waals surface area contributed by atoms with Crippen LogP contribution in [0.3, 0.4) is 0 Å². The third-order valence-corrected chi connectivity index (χ3v) is 12.8. The van der Waals surface area contributed by atoms with Crippen molar-refractivity contribution >= 4 is 90.2 Å². The Labute approximate surface area is 444 Å². The first-order chi connectivity index (χ1) is 34.3. The van der Waals surface area contributed by atoms with Crippen molar-refractivity contribution in [3.8, 4) is 5.75 Å². The molecule has 2 rings (SSSR count). The fourth-order valence-electron chi connectivity index (χ4n) is 8.30. The molecule has 23 nitrogen and oxygen atoms in total. The molecule has 11 amide bonds. The number of rotatable bonds is 29. The fourth-order valence-corrected chi connectivity index (χ4v) is 8.69. The number of phenolic OH excluding ortho intramolecular Hbond substituents is 1. The van der Waals surface area contributed by atoms with E-state index in [1.807, 2.05) is 34.6 Å². The third kappa shape index (κ3) is 21.4. The van der Waals surface area contributed by atoms with Gasteiger partial charge in [0.25, 0.3) is 0 Å². The zero-order valence-electron chi connectivity index (χ0n) is 43.9. The van der Waals surface area contributed by atoms with Crippen LogP contribution in [0, 0.1) is 17.3 Å². The minimum absolute atomic E-state index is 0.0248. The molecule has 0 aromatic heterocycles. The number of amides is 11. The summed E-state index contributed by atoms with van der Waals surface area (Å²) in [5.74, 6) is -10.1. The number of hydrogen-bond acceptors (Lipinski definition) is 14. The number of aromatic hydroxyl groups is 1. The van der Waals surface area contributed by atoms with Crippen LogP contribution in [0.15, 0.2) is 24.3 Å². The van der Waals surface area contributed by atoms with Crippen LogP contribution in [0.4, 0.5) is 0 Å². The molecule has 14 N–H and O–H groups in total. The van der Waals surface area contributed by atoms with E-state index in [2.05, 4.69) is 62.5 Å². The van der Waals surface area contributed by atoms with Gasteiger partial charge in [-0.2, -0.15) is 25.3 Å². The van der Waals surface area contributed by atoms with E-state index < -0.39 is 155 Å². The smallest absolute Gasteiger partial charge is 0.246 e. The second-order valence-corrected chi connectivity index (χ2v) is 22.6. The monoisotopic (exact) mass is 1080 g/mol. The van der Waals surface area contributed by atoms with Gasteiger partial charge in [-0.15, -0.1) is 0 Å². The van der Waals surface area contributed by atoms with Gasteiger partial charge >= 0.3 is 0 Å². The van der Waals surface area contributed by atoms with Crippen LogP contribution in [-0.4, -0.2) is 140 Å². The fraction of sp³-hybridized carbons (Fsp3) is 0.653. The standard InChI is InChI=1S/C49H79N11O12S2/c1-10-26(4)40(59-44(69)31(54-39(65)22-49(8,9)74)20-27-11-13-28(61)14-12-27)46(71)55-29(15-18-36(50)62)42(67)56-32(21-37(51)63)43(68)58-33(24-73)47(72)60-34(16-17-35(60)48(5,6)7)45(70)57-30(19-25(2)3)41(66)53-23-38(52)64/h11-14,25-26,29-35,40,61,73-74H,10,15-24H2,1-9H3,(H2,50,62)(H2,51,63)(H2,52,64)(H,53,66)(H,54,65)(H,55,71)(H,56,67)(H,57,70)(H,58,68)(H,59,69)/t26-,29-,30-,31-,32-,33-,34-,35+,40-/m0/s1. The van der Waals surface area contributed by atoms with Crippen LogP contribution < -0.4 is 54.4 Å². The second kappa shape index (κ2) is 29.1. The molecule has 1 aliphatic rings. The summed E-state index contributed by atoms with van der Waals surface area (Å²) in [6.45, 7) is 15.6. The van der Waals surface area contributed by atoms with Gasteiger partial charge in [0.2, 0.25) is 65.0 Å². The molecular weight excluding hydrogens is 999 g/mol. The first-order valence-electron chi connectivity index (χ1n) is 24.6. The molecule has 0 unspecified atom stereocenters. The van der Waals surface area contributed by atoms with Crippen molar-refractivity contribution in [1.82, 2.24) is 42.1 Å². The second-order valence-electron chi connectivity index (χ2n) is 21.0. The van der Waals surface area contributed by atoms with Crippen LogP contribution in [0.25, 0.3) is 0 Å². The molecular formula is C49H79N11O12S2. The van der Waals surface area contributed by atoms with E-state index in [1.165, 1.54) is 17.0 Å². The number of phenols is 1. The minimum Gasteiger partial charge on any atom is -0.508 e. The van der Waals surface area contributed by atoms with Gasteiger partial charge in [0, 0.05) is 35.8 Å². The molecule has 0 aliphatic carbocycles. The number of primary amides is 3. The van der Waals surface area contributed by atoms with Gasteiger partial charge < -0.3 is 64.4 Å². The topological polar surface area (TPSA) is 374 Å². The quantitative estimate of drug-likeness (QED) is 0.0435. The Morgan fingerprint density at radius 2 is 1.27 bits per heavy atom. The Bertz CT molecular complexity index is 2180. The molecule has 25 heteroatoms. The average molecular weight is 1080 g/mol. The Hall–Kier alpha value is -6.11. The number of nitrogens with one attached hydrogen (secondary N) is 7. The molecule has 9 atom stereocenters. The highest BCUT2D eigenvalue weighted by Gasteiger charge is 2.48. The predicted octanol–water partition coefficient (Wildman–Crippen LogP) is -0.888. The highest BCUT2D eigenvalue weighted by Crippen LogP contribution is 2.37. The van der Waals surface area contributed by atoms with E-state index in [4.69, 9.17) is 17.2 Å². The number of thiol groups is 2. The lowest BCUT2D eigenvalue weighted by Gasteiger charge is -2.39. The van der Waals surface area contributed by atoms with Crippen molar-refractivity contribution in [2.45, 2.75) is 173 Å². The van der Waals surface area contributed by atoms with E-state index >= 15 is 0 Å². The first-order valence-corrected chi connectivity index (χ1v) is 25.7. The molecule has 1 saturated heterocycles. The maximum absolute atomic E-state index is 14.6. The summed E-state index contributed by atoms with van der Waals surface area (Å²) in [7, 11) is 0. The van der Waals surface area contributed by atoms with E-state index in [0.29, 0.717) is 18.4 Å². The van der Waals surface area contributed by atoms with Crippen LogP contribution in [-0.2, 0) is 59.2 Å². The summed E-state index contributed by atoms with van der Waals surface area (Å²) in [6.07, 6.45) is -0.722. The number of carbonyl (C=O) groups is 11. The van der Waals surface area contributed by atoms with Gasteiger partial charge in [0.05, 0.1) is 13.0 Å². The lowest BCUT2D eigenvalue weighted by molar-refractivity contribution is -0.145. The zero-order chi connectivity index (χ0) is 56.4. The van der Waals surface area contributed by atoms with E-state index in [9.17, 15) is 57.8 Å². The van der Waals surface area contributed by atoms with Crippen molar-refractivity contribution in [3.63, 3.8) is 0 Å². The zero-order valence-corrected chi connectivity index (χ0v) is 45.7. The van der Waals surface area contributed by atoms with Crippen molar-refractivity contribution in [3.05, 3.63) is 29.8 Å². The average Bonchev–Trinajstić information content (AvgIpc) is 3.75. The normalized spacial score (nSPS) is 17.5. The molecule has 1 aliphatic heterocycles. The molecule has 1 aromatic rings. The molecule has 0 spiro atoms. The van der Waals surface area contributed by atoms with Gasteiger partial charge in [-0.1, -0.05) is 80.9 Å². The summed E-state index contributed by atoms with van der Waals surface area (Å²) < 4.78 is -0.741. The van der Waals surface area contributed by atoms with E-state index in [0.717, 1.165) is 0 Å². The van der Waals surface area contributed by atoms with Crippen molar-refractivity contribution < 1.29 is 57.8 Å². The van der Waals surface area contributed by atoms with Crippen molar-refractivity contribution in [1.29, 1.82) is 0 Å². The van der Waals surface area contributed by atoms with Crippen LogP contribution in [0.2, 0.25) is 0 Å². The van der Waals surface area contributed by atoms with E-state index in [-0.39, 0.29) is 43.1 Å². The highest BCUT2D eigenvalue weighted by molar-refractivity contribution is 7.81. The van der Waals surface area contributed by atoms with Crippen LogP contribution in [0.5, 0.6) is 5.75 Å². The first kappa shape index (κ1) is 64.0. The summed E-state index contributed by atoms with van der Waals surface area (Å²) in [5, 5.41) is 27.8. The van der Waals surface area contributed by atoms with Gasteiger partial charge in [0.15, 0.2) is 0 Å². The summed E-state index contributed by atoms with van der Waals surface area (Å²) >= 11 is 8.77. The van der Waals surface area contributed by atoms with Gasteiger partial charge in [-0.3, -0.25) is 52.7 Å². The maximum atomic E-state index is 14.6. The Morgan fingerprint density at radius 3 is 1.78 bits per heavy atom. The number of hydrogen-bond donors (Lipinski definition) is 13. The van der Waals surface area contributed by atoms with Gasteiger partial charge in [-0.05, 0) is 60.6 Å². The number of benzene rings is 1. The number of nitrogens with zero attached hydrogens (tertiary/aromatic N) is 1. The summed E-state index contributed by atoms with van der Waals surface area (Å²) in [5.41, 5.74) is 16.1. The molecule has 74 heavy (non-hydrogen) atoms.